The van der Waals surface area contributed by atoms with E-state index in [1.807, 2.05) is 6.92 Å². The fraction of sp³-hybridized carbons (Fsp3) is 0.900. The molecule has 2 aliphatic carbocycles. The lowest BCUT2D eigenvalue weighted by atomic mass is 9.86. The molecule has 0 heterocycles. The van der Waals surface area contributed by atoms with E-state index in [0.717, 1.165) is 19.3 Å². The van der Waals surface area contributed by atoms with E-state index in [1.54, 1.807) is 0 Å². The minimum Gasteiger partial charge on any atom is -0.466 e. The largest absolute Gasteiger partial charge is 0.466 e. The smallest absolute Gasteiger partial charge is 0.309 e. The van der Waals surface area contributed by atoms with E-state index in [2.05, 4.69) is 0 Å². The predicted molar refractivity (Wildman–Crippen MR) is 48.9 cm³/mol. The van der Waals surface area contributed by atoms with Crippen molar-refractivity contribution in [2.45, 2.75) is 32.2 Å². The van der Waals surface area contributed by atoms with Crippen LogP contribution < -0.4 is 5.73 Å². The van der Waals surface area contributed by atoms with Crippen LogP contribution in [0.2, 0.25) is 0 Å². The van der Waals surface area contributed by atoms with E-state index in [1.165, 1.54) is 0 Å². The van der Waals surface area contributed by atoms with Crippen LogP contribution in [0.5, 0.6) is 0 Å². The van der Waals surface area contributed by atoms with Gasteiger partial charge >= 0.3 is 5.97 Å². The van der Waals surface area contributed by atoms with E-state index >= 15 is 0 Å². The molecule has 13 heavy (non-hydrogen) atoms. The summed E-state index contributed by atoms with van der Waals surface area (Å²) in [4.78, 5) is 11.5. The first-order valence-corrected chi connectivity index (χ1v) is 5.14. The molecule has 3 nitrogen and oxygen atoms in total. The summed E-state index contributed by atoms with van der Waals surface area (Å²) in [5.74, 6) is 1.25. The Morgan fingerprint density at radius 2 is 2.15 bits per heavy atom. The van der Waals surface area contributed by atoms with Gasteiger partial charge in [0.25, 0.3) is 0 Å². The van der Waals surface area contributed by atoms with Gasteiger partial charge in [-0.25, -0.2) is 0 Å². The summed E-state index contributed by atoms with van der Waals surface area (Å²) in [6.45, 7) is 2.36. The van der Waals surface area contributed by atoms with Gasteiger partial charge in [0.2, 0.25) is 0 Å². The molecule has 3 heteroatoms. The average Bonchev–Trinajstić information content (AvgIpc) is 2.62. The maximum Gasteiger partial charge on any atom is 0.309 e. The molecule has 2 aliphatic rings. The Hall–Kier alpha value is -0.570. The highest BCUT2D eigenvalue weighted by Crippen LogP contribution is 2.48. The molecule has 0 aliphatic heterocycles. The fourth-order valence-electron chi connectivity index (χ4n) is 2.86. The maximum absolute atomic E-state index is 11.5. The van der Waals surface area contributed by atoms with Crippen molar-refractivity contribution in [2.24, 2.45) is 23.5 Å². The number of carbonyl (C=O) groups excluding carboxylic acids is 1. The van der Waals surface area contributed by atoms with Crippen LogP contribution in [-0.2, 0) is 9.53 Å². The summed E-state index contributed by atoms with van der Waals surface area (Å²) in [7, 11) is 0. The van der Waals surface area contributed by atoms with Crippen LogP contribution in [0, 0.1) is 17.8 Å². The number of ether oxygens (including phenoxy) is 1. The number of hydrogen-bond donors (Lipinski definition) is 1. The van der Waals surface area contributed by atoms with Crippen molar-refractivity contribution < 1.29 is 9.53 Å². The number of rotatable bonds is 2. The molecule has 0 amide bonds. The Morgan fingerprint density at radius 1 is 1.38 bits per heavy atom. The molecular weight excluding hydrogens is 166 g/mol. The van der Waals surface area contributed by atoms with Gasteiger partial charge in [-0.3, -0.25) is 4.79 Å². The van der Waals surface area contributed by atoms with Crippen LogP contribution in [0.3, 0.4) is 0 Å². The maximum atomic E-state index is 11.5. The van der Waals surface area contributed by atoms with Gasteiger partial charge in [-0.1, -0.05) is 0 Å². The number of esters is 1. The molecule has 0 radical (unpaired) electrons. The zero-order chi connectivity index (χ0) is 9.42. The molecular formula is C10H17NO2. The van der Waals surface area contributed by atoms with Gasteiger partial charge in [-0.05, 0) is 38.0 Å². The Morgan fingerprint density at radius 3 is 2.62 bits per heavy atom. The molecule has 4 atom stereocenters. The van der Waals surface area contributed by atoms with Crippen LogP contribution in [-0.4, -0.2) is 18.6 Å². The summed E-state index contributed by atoms with van der Waals surface area (Å²) in [6.07, 6.45) is 3.13. The molecule has 0 unspecified atom stereocenters. The van der Waals surface area contributed by atoms with Crippen LogP contribution >= 0.6 is 0 Å². The zero-order valence-electron chi connectivity index (χ0n) is 8.03. The number of hydrogen-bond acceptors (Lipinski definition) is 3. The molecule has 2 saturated carbocycles. The monoisotopic (exact) mass is 183 g/mol. The van der Waals surface area contributed by atoms with Gasteiger partial charge in [0, 0.05) is 6.04 Å². The van der Waals surface area contributed by atoms with E-state index in [9.17, 15) is 4.79 Å². The van der Waals surface area contributed by atoms with Gasteiger partial charge < -0.3 is 10.5 Å². The molecule has 0 aromatic carbocycles. The van der Waals surface area contributed by atoms with Gasteiger partial charge in [0.15, 0.2) is 0 Å². The van der Waals surface area contributed by atoms with Gasteiger partial charge in [0.05, 0.1) is 12.5 Å². The number of carbonyl (C=O) groups is 1. The quantitative estimate of drug-likeness (QED) is 0.648. The summed E-state index contributed by atoms with van der Waals surface area (Å²) < 4.78 is 5.03. The van der Waals surface area contributed by atoms with Gasteiger partial charge in [-0.2, -0.15) is 0 Å². The Bertz CT molecular complexity index is 215. The second kappa shape index (κ2) is 3.29. The van der Waals surface area contributed by atoms with E-state index < -0.39 is 0 Å². The van der Waals surface area contributed by atoms with Crippen LogP contribution in [0.15, 0.2) is 0 Å². The lowest BCUT2D eigenvalue weighted by molar-refractivity contribution is -0.149. The van der Waals surface area contributed by atoms with Crippen LogP contribution in [0.1, 0.15) is 26.2 Å². The van der Waals surface area contributed by atoms with E-state index in [0.29, 0.717) is 24.5 Å². The van der Waals surface area contributed by atoms with Crippen molar-refractivity contribution in [3.8, 4) is 0 Å². The van der Waals surface area contributed by atoms with Gasteiger partial charge in [-0.15, -0.1) is 0 Å². The van der Waals surface area contributed by atoms with E-state index in [-0.39, 0.29) is 11.9 Å². The summed E-state index contributed by atoms with van der Waals surface area (Å²) in [5.41, 5.74) is 5.90. The lowest BCUT2D eigenvalue weighted by Crippen LogP contribution is -2.33. The highest BCUT2D eigenvalue weighted by Gasteiger charge is 2.47. The fourth-order valence-corrected chi connectivity index (χ4v) is 2.86. The van der Waals surface area contributed by atoms with Crippen LogP contribution in [0.4, 0.5) is 0 Å². The first kappa shape index (κ1) is 9.00. The zero-order valence-corrected chi connectivity index (χ0v) is 8.03. The first-order chi connectivity index (χ1) is 6.22. The minimum atomic E-state index is 0.00176. The molecule has 2 N–H and O–H groups in total. The summed E-state index contributed by atoms with van der Waals surface area (Å²) >= 11 is 0. The first-order valence-electron chi connectivity index (χ1n) is 5.14. The molecule has 0 aromatic heterocycles. The van der Waals surface area contributed by atoms with Crippen molar-refractivity contribution >= 4 is 5.97 Å². The molecule has 2 fully saturated rings. The van der Waals surface area contributed by atoms with Crippen molar-refractivity contribution in [1.82, 2.24) is 0 Å². The predicted octanol–water partition coefficient (Wildman–Crippen LogP) is 0.923. The third-order valence-corrected chi connectivity index (χ3v) is 3.50. The number of fused-ring (bicyclic) bond motifs is 2. The van der Waals surface area contributed by atoms with Crippen LogP contribution in [0.25, 0.3) is 0 Å². The van der Waals surface area contributed by atoms with Crippen molar-refractivity contribution in [3.63, 3.8) is 0 Å². The molecule has 0 saturated heterocycles. The molecule has 0 aromatic rings. The van der Waals surface area contributed by atoms with Crippen molar-refractivity contribution in [1.29, 1.82) is 0 Å². The van der Waals surface area contributed by atoms with Crippen molar-refractivity contribution in [2.75, 3.05) is 6.61 Å². The molecule has 0 spiro atoms. The third-order valence-electron chi connectivity index (χ3n) is 3.50. The second-order valence-electron chi connectivity index (χ2n) is 4.25. The summed E-state index contributed by atoms with van der Waals surface area (Å²) in [6, 6.07) is 0.343. The second-order valence-corrected chi connectivity index (χ2v) is 4.25. The van der Waals surface area contributed by atoms with Crippen molar-refractivity contribution in [3.05, 3.63) is 0 Å². The topological polar surface area (TPSA) is 52.3 Å². The molecule has 2 rings (SSSR count). The highest BCUT2D eigenvalue weighted by atomic mass is 16.5. The standard InChI is InChI=1S/C10H17NO2/c1-2-13-10(12)8-4-7-3-6(8)5-9(7)11/h6-9H,2-5,11H2,1H3/t6-,7-,8-,9-/m1/s1. The normalized spacial score (nSPS) is 42.3. The Labute approximate surface area is 78.6 Å². The minimum absolute atomic E-state index is 0.00176. The Balaban J connectivity index is 1.95. The Kier molecular flexibility index (Phi) is 2.28. The highest BCUT2D eigenvalue weighted by molar-refractivity contribution is 5.73. The summed E-state index contributed by atoms with van der Waals surface area (Å²) in [5, 5.41) is 0. The average molecular weight is 183 g/mol. The molecule has 2 bridgehead atoms. The third kappa shape index (κ3) is 1.46. The lowest BCUT2D eigenvalue weighted by Gasteiger charge is -2.23. The SMILES string of the molecule is CCOC(=O)[C@@H]1C[C@H]2C[C@@H]1C[C@H]2N. The van der Waals surface area contributed by atoms with E-state index in [4.69, 9.17) is 10.5 Å². The van der Waals surface area contributed by atoms with Gasteiger partial charge in [0.1, 0.15) is 0 Å². The molecule has 74 valence electrons. The number of nitrogens with two attached hydrogens (primary N) is 1.